The van der Waals surface area contributed by atoms with Gasteiger partial charge >= 0.3 is 0 Å². The first-order valence-corrected chi connectivity index (χ1v) is 9.51. The highest BCUT2D eigenvalue weighted by Crippen LogP contribution is 2.34. The SMILES string of the molecule is CC(C)(N)C(=O)N1C=Cn2c(nc(-c3ccc(F)cc3)c2Nc2ccc(F)c(F)c2)C1. The van der Waals surface area contributed by atoms with Crippen LogP contribution in [0.15, 0.2) is 48.7 Å². The van der Waals surface area contributed by atoms with Gasteiger partial charge in [-0.3, -0.25) is 9.36 Å². The first kappa shape index (κ1) is 20.7. The van der Waals surface area contributed by atoms with Crippen LogP contribution >= 0.6 is 0 Å². The summed E-state index contributed by atoms with van der Waals surface area (Å²) in [6.07, 6.45) is 3.21. The number of amides is 1. The van der Waals surface area contributed by atoms with Crippen LogP contribution < -0.4 is 11.1 Å². The van der Waals surface area contributed by atoms with Gasteiger partial charge in [-0.15, -0.1) is 0 Å². The smallest absolute Gasteiger partial charge is 0.246 e. The number of hydrogen-bond acceptors (Lipinski definition) is 4. The predicted octanol–water partition coefficient (Wildman–Crippen LogP) is 4.22. The Hall–Kier alpha value is -3.59. The van der Waals surface area contributed by atoms with E-state index < -0.39 is 23.0 Å². The number of halogens is 3. The van der Waals surface area contributed by atoms with Gasteiger partial charge in [0.15, 0.2) is 11.6 Å². The highest BCUT2D eigenvalue weighted by Gasteiger charge is 2.30. The molecule has 1 aromatic heterocycles. The average Bonchev–Trinajstić information content (AvgIpc) is 3.07. The molecule has 0 aliphatic carbocycles. The van der Waals surface area contributed by atoms with Gasteiger partial charge in [-0.2, -0.15) is 0 Å². The van der Waals surface area contributed by atoms with Gasteiger partial charge in [0.25, 0.3) is 0 Å². The molecule has 2 heterocycles. The number of aromatic nitrogens is 2. The van der Waals surface area contributed by atoms with E-state index in [4.69, 9.17) is 5.73 Å². The minimum Gasteiger partial charge on any atom is -0.339 e. The minimum atomic E-state index is -1.06. The van der Waals surface area contributed by atoms with Gasteiger partial charge in [-0.25, -0.2) is 18.2 Å². The van der Waals surface area contributed by atoms with Crippen LogP contribution in [-0.4, -0.2) is 25.9 Å². The van der Waals surface area contributed by atoms with Gasteiger partial charge in [-0.05, 0) is 50.2 Å². The van der Waals surface area contributed by atoms with E-state index in [0.29, 0.717) is 28.6 Å². The fourth-order valence-electron chi connectivity index (χ4n) is 3.25. The molecule has 0 spiro atoms. The van der Waals surface area contributed by atoms with Gasteiger partial charge in [0, 0.05) is 29.7 Å². The first-order valence-electron chi connectivity index (χ1n) is 9.51. The summed E-state index contributed by atoms with van der Waals surface area (Å²) < 4.78 is 42.2. The zero-order chi connectivity index (χ0) is 22.3. The Labute approximate surface area is 176 Å². The molecule has 6 nitrogen and oxygen atoms in total. The molecular formula is C22H20F3N5O. The van der Waals surface area contributed by atoms with E-state index in [0.717, 1.165) is 12.1 Å². The Morgan fingerprint density at radius 1 is 1.06 bits per heavy atom. The van der Waals surface area contributed by atoms with Crippen LogP contribution in [0, 0.1) is 17.5 Å². The van der Waals surface area contributed by atoms with Crippen molar-refractivity contribution in [2.75, 3.05) is 5.32 Å². The van der Waals surface area contributed by atoms with Gasteiger partial charge in [0.05, 0.1) is 12.1 Å². The molecular weight excluding hydrogens is 407 g/mol. The molecule has 9 heteroatoms. The Balaban J connectivity index is 1.78. The highest BCUT2D eigenvalue weighted by molar-refractivity contribution is 5.87. The van der Waals surface area contributed by atoms with Crippen LogP contribution in [0.2, 0.25) is 0 Å². The van der Waals surface area contributed by atoms with E-state index in [1.807, 2.05) is 0 Å². The number of rotatable bonds is 4. The molecule has 0 bridgehead atoms. The quantitative estimate of drug-likeness (QED) is 0.654. The number of nitrogens with one attached hydrogen (secondary N) is 1. The summed E-state index contributed by atoms with van der Waals surface area (Å²) in [5.74, 6) is -1.66. The monoisotopic (exact) mass is 427 g/mol. The number of fused-ring (bicyclic) bond motifs is 1. The summed E-state index contributed by atoms with van der Waals surface area (Å²) >= 11 is 0. The van der Waals surface area contributed by atoms with E-state index in [2.05, 4.69) is 10.3 Å². The van der Waals surface area contributed by atoms with E-state index in [-0.39, 0.29) is 12.5 Å². The normalized spacial score (nSPS) is 13.3. The summed E-state index contributed by atoms with van der Waals surface area (Å²) in [6, 6.07) is 9.18. The highest BCUT2D eigenvalue weighted by atomic mass is 19.2. The van der Waals surface area contributed by atoms with Crippen molar-refractivity contribution >= 4 is 23.6 Å². The lowest BCUT2D eigenvalue weighted by atomic mass is 10.1. The molecule has 3 N–H and O–H groups in total. The number of nitrogens with zero attached hydrogens (tertiary/aromatic N) is 3. The molecule has 0 fully saturated rings. The number of nitrogens with two attached hydrogens (primary N) is 1. The summed E-state index contributed by atoms with van der Waals surface area (Å²) in [5, 5.41) is 3.06. The lowest BCUT2D eigenvalue weighted by Gasteiger charge is -2.28. The van der Waals surface area contributed by atoms with Gasteiger partial charge in [0.1, 0.15) is 23.2 Å². The van der Waals surface area contributed by atoms with Crippen LogP contribution in [-0.2, 0) is 11.3 Å². The van der Waals surface area contributed by atoms with Crippen molar-refractivity contribution in [1.82, 2.24) is 14.5 Å². The summed E-state index contributed by atoms with van der Waals surface area (Å²) in [5.41, 5.74) is 6.25. The maximum absolute atomic E-state index is 13.7. The zero-order valence-electron chi connectivity index (χ0n) is 16.9. The summed E-state index contributed by atoms with van der Waals surface area (Å²) in [4.78, 5) is 18.6. The molecule has 1 amide bonds. The second-order valence-corrected chi connectivity index (χ2v) is 7.81. The molecule has 1 aliphatic rings. The Kier molecular flexibility index (Phi) is 5.06. The van der Waals surface area contributed by atoms with Crippen molar-refractivity contribution < 1.29 is 18.0 Å². The van der Waals surface area contributed by atoms with Crippen molar-refractivity contribution in [3.63, 3.8) is 0 Å². The van der Waals surface area contributed by atoms with E-state index in [1.165, 1.54) is 23.1 Å². The molecule has 4 rings (SSSR count). The molecule has 1 aliphatic heterocycles. The standard InChI is InChI=1S/C22H20F3N5O/c1-22(2,26)21(31)29-9-10-30-18(12-29)28-19(13-3-5-14(23)6-4-13)20(30)27-15-7-8-16(24)17(25)11-15/h3-11,27H,12,26H2,1-2H3. The van der Waals surface area contributed by atoms with E-state index >= 15 is 0 Å². The largest absolute Gasteiger partial charge is 0.339 e. The topological polar surface area (TPSA) is 76.2 Å². The Morgan fingerprint density at radius 3 is 2.42 bits per heavy atom. The van der Waals surface area contributed by atoms with Gasteiger partial charge in [0.2, 0.25) is 5.91 Å². The molecule has 0 atom stereocenters. The predicted molar refractivity (Wildman–Crippen MR) is 111 cm³/mol. The van der Waals surface area contributed by atoms with Crippen LogP contribution in [0.4, 0.5) is 24.7 Å². The van der Waals surface area contributed by atoms with Gasteiger partial charge in [-0.1, -0.05) is 0 Å². The minimum absolute atomic E-state index is 0.156. The van der Waals surface area contributed by atoms with E-state index in [9.17, 15) is 18.0 Å². The summed E-state index contributed by atoms with van der Waals surface area (Å²) in [6.45, 7) is 3.39. The maximum Gasteiger partial charge on any atom is 0.246 e. The van der Waals surface area contributed by atoms with Crippen LogP contribution in [0.3, 0.4) is 0 Å². The number of benzene rings is 2. The number of imidazole rings is 1. The first-order chi connectivity index (χ1) is 14.6. The second kappa shape index (κ2) is 7.59. The van der Waals surface area contributed by atoms with Crippen molar-refractivity contribution in [3.05, 3.63) is 71.9 Å². The number of anilines is 2. The average molecular weight is 427 g/mol. The number of carbonyl (C=O) groups excluding carboxylic acids is 1. The molecule has 3 aromatic rings. The van der Waals surface area contributed by atoms with Crippen molar-refractivity contribution in [3.8, 4) is 11.3 Å². The zero-order valence-corrected chi connectivity index (χ0v) is 16.9. The molecule has 0 saturated heterocycles. The molecule has 0 radical (unpaired) electrons. The maximum atomic E-state index is 13.7. The van der Waals surface area contributed by atoms with Crippen LogP contribution in [0.5, 0.6) is 0 Å². The lowest BCUT2D eigenvalue weighted by Crippen LogP contribution is -2.49. The Morgan fingerprint density at radius 2 is 1.77 bits per heavy atom. The van der Waals surface area contributed by atoms with Crippen LogP contribution in [0.25, 0.3) is 17.5 Å². The number of hydrogen-bond donors (Lipinski definition) is 2. The van der Waals surface area contributed by atoms with Crippen molar-refractivity contribution in [1.29, 1.82) is 0 Å². The fourth-order valence-corrected chi connectivity index (χ4v) is 3.25. The third-order valence-corrected chi connectivity index (χ3v) is 4.80. The molecule has 31 heavy (non-hydrogen) atoms. The summed E-state index contributed by atoms with van der Waals surface area (Å²) in [7, 11) is 0. The Bertz CT molecular complexity index is 1180. The van der Waals surface area contributed by atoms with Gasteiger partial charge < -0.3 is 16.0 Å². The van der Waals surface area contributed by atoms with E-state index in [1.54, 1.807) is 42.9 Å². The third-order valence-electron chi connectivity index (χ3n) is 4.80. The lowest BCUT2D eigenvalue weighted by molar-refractivity contribution is -0.133. The molecule has 0 saturated carbocycles. The second-order valence-electron chi connectivity index (χ2n) is 7.81. The van der Waals surface area contributed by atoms with Crippen LogP contribution in [0.1, 0.15) is 19.7 Å². The third kappa shape index (κ3) is 4.04. The molecule has 0 unspecified atom stereocenters. The fraction of sp³-hybridized carbons (Fsp3) is 0.182. The number of carbonyl (C=O) groups is 1. The molecule has 160 valence electrons. The molecule has 2 aromatic carbocycles. The van der Waals surface area contributed by atoms with Crippen molar-refractivity contribution in [2.45, 2.75) is 25.9 Å². The van der Waals surface area contributed by atoms with Crippen molar-refractivity contribution in [2.24, 2.45) is 5.73 Å².